The SMILES string of the molecule is O=C1[C@@H]2[C@H](C(=O)N1CCN1CCN(c3nc(-c4ccccc4)cs3)CC1)[C@@H]1C=C[C@H]2C1. The van der Waals surface area contributed by atoms with E-state index in [4.69, 9.17) is 4.98 Å². The number of allylic oxidation sites excluding steroid dienone is 2. The summed E-state index contributed by atoms with van der Waals surface area (Å²) in [6, 6.07) is 10.3. The second-order valence-corrected chi connectivity index (χ2v) is 9.87. The van der Waals surface area contributed by atoms with Crippen LogP contribution >= 0.6 is 11.3 Å². The molecule has 0 spiro atoms. The minimum absolute atomic E-state index is 0.0710. The molecule has 3 heterocycles. The number of carbonyl (C=O) groups is 2. The van der Waals surface area contributed by atoms with Crippen LogP contribution in [0.1, 0.15) is 6.42 Å². The summed E-state index contributed by atoms with van der Waals surface area (Å²) >= 11 is 1.69. The van der Waals surface area contributed by atoms with Crippen LogP contribution in [0.2, 0.25) is 0 Å². The van der Waals surface area contributed by atoms with Crippen LogP contribution in [0.4, 0.5) is 5.13 Å². The van der Waals surface area contributed by atoms with Crippen molar-refractivity contribution in [3.8, 4) is 11.3 Å². The van der Waals surface area contributed by atoms with Crippen molar-refractivity contribution in [2.24, 2.45) is 23.7 Å². The molecule has 3 fully saturated rings. The minimum atomic E-state index is -0.0805. The van der Waals surface area contributed by atoms with Gasteiger partial charge in [-0.3, -0.25) is 19.4 Å². The van der Waals surface area contributed by atoms with Crippen molar-refractivity contribution >= 4 is 28.3 Å². The lowest BCUT2D eigenvalue weighted by Gasteiger charge is -2.35. The standard InChI is InChI=1S/C24H26N4O2S/c29-22-20-17-6-7-18(14-17)21(20)23(30)28(22)13-10-26-8-11-27(12-9-26)24-25-19(15-31-24)16-4-2-1-3-5-16/h1-7,15,17-18,20-21H,8-14H2/t17-,18+,20-,21+. The number of hydrogen-bond acceptors (Lipinski definition) is 6. The Morgan fingerprint density at radius 3 is 2.26 bits per heavy atom. The molecule has 1 aromatic heterocycles. The maximum Gasteiger partial charge on any atom is 0.233 e. The number of fused-ring (bicyclic) bond motifs is 5. The quantitative estimate of drug-likeness (QED) is 0.535. The number of piperazine rings is 1. The van der Waals surface area contributed by atoms with Gasteiger partial charge in [0.15, 0.2) is 5.13 Å². The van der Waals surface area contributed by atoms with Gasteiger partial charge in [-0.2, -0.15) is 0 Å². The fourth-order valence-corrected chi connectivity index (χ4v) is 6.63. The van der Waals surface area contributed by atoms with Crippen molar-refractivity contribution in [2.45, 2.75) is 6.42 Å². The Labute approximate surface area is 186 Å². The predicted octanol–water partition coefficient (Wildman–Crippen LogP) is 2.74. The molecule has 0 N–H and O–H groups in total. The van der Waals surface area contributed by atoms with E-state index in [9.17, 15) is 9.59 Å². The van der Waals surface area contributed by atoms with Gasteiger partial charge in [0, 0.05) is 50.2 Å². The number of rotatable bonds is 5. The molecule has 1 saturated carbocycles. The van der Waals surface area contributed by atoms with Crippen LogP contribution in [0.25, 0.3) is 11.3 Å². The summed E-state index contributed by atoms with van der Waals surface area (Å²) in [5, 5.41) is 3.19. The van der Waals surface area contributed by atoms with Crippen molar-refractivity contribution in [1.82, 2.24) is 14.8 Å². The third-order valence-corrected chi connectivity index (χ3v) is 8.31. The van der Waals surface area contributed by atoms with Crippen molar-refractivity contribution in [3.05, 3.63) is 47.9 Å². The molecule has 1 aromatic carbocycles. The zero-order chi connectivity index (χ0) is 20.9. The van der Waals surface area contributed by atoms with Gasteiger partial charge in [0.1, 0.15) is 0 Å². The van der Waals surface area contributed by atoms with Gasteiger partial charge in [0.05, 0.1) is 17.5 Å². The van der Waals surface area contributed by atoms with E-state index in [1.165, 1.54) is 0 Å². The normalized spacial score (nSPS) is 29.9. The average molecular weight is 435 g/mol. The summed E-state index contributed by atoms with van der Waals surface area (Å²) in [5.74, 6) is 0.563. The number of anilines is 1. The summed E-state index contributed by atoms with van der Waals surface area (Å²) in [6.45, 7) is 4.98. The summed E-state index contributed by atoms with van der Waals surface area (Å²) in [5.41, 5.74) is 2.18. The average Bonchev–Trinajstić information content (AvgIpc) is 3.59. The molecule has 6 nitrogen and oxygen atoms in total. The lowest BCUT2D eigenvalue weighted by molar-refractivity contribution is -0.140. The van der Waals surface area contributed by atoms with Gasteiger partial charge < -0.3 is 4.90 Å². The maximum absolute atomic E-state index is 12.9. The molecule has 2 saturated heterocycles. The number of amides is 2. The van der Waals surface area contributed by atoms with Crippen LogP contribution in [-0.2, 0) is 9.59 Å². The molecule has 2 aliphatic heterocycles. The number of thiazole rings is 1. The molecule has 4 aliphatic rings. The number of aromatic nitrogens is 1. The number of likely N-dealkylation sites (tertiary alicyclic amines) is 1. The molecule has 2 aromatic rings. The van der Waals surface area contributed by atoms with Gasteiger partial charge in [-0.05, 0) is 18.3 Å². The second kappa shape index (κ2) is 7.57. The van der Waals surface area contributed by atoms with Crippen LogP contribution in [0.5, 0.6) is 0 Å². The first-order chi connectivity index (χ1) is 15.2. The fraction of sp³-hybridized carbons (Fsp3) is 0.458. The molecule has 0 unspecified atom stereocenters. The Morgan fingerprint density at radius 1 is 0.903 bits per heavy atom. The third kappa shape index (κ3) is 3.22. The number of hydrogen-bond donors (Lipinski definition) is 0. The molecule has 160 valence electrons. The Morgan fingerprint density at radius 2 is 1.58 bits per heavy atom. The van der Waals surface area contributed by atoms with Gasteiger partial charge in [-0.1, -0.05) is 42.5 Å². The Kier molecular flexibility index (Phi) is 4.69. The Hall–Kier alpha value is -2.51. The van der Waals surface area contributed by atoms with E-state index in [0.29, 0.717) is 18.4 Å². The molecule has 2 aliphatic carbocycles. The second-order valence-electron chi connectivity index (χ2n) is 9.04. The van der Waals surface area contributed by atoms with E-state index >= 15 is 0 Å². The Balaban J connectivity index is 1.03. The summed E-state index contributed by atoms with van der Waals surface area (Å²) in [6.07, 6.45) is 5.30. The highest BCUT2D eigenvalue weighted by molar-refractivity contribution is 7.14. The molecule has 6 rings (SSSR count). The first-order valence-electron chi connectivity index (χ1n) is 11.2. The van der Waals surface area contributed by atoms with Crippen LogP contribution in [-0.4, -0.2) is 65.9 Å². The first kappa shape index (κ1) is 19.2. The van der Waals surface area contributed by atoms with E-state index in [2.05, 4.69) is 39.5 Å². The van der Waals surface area contributed by atoms with E-state index in [1.54, 1.807) is 16.2 Å². The summed E-state index contributed by atoms with van der Waals surface area (Å²) in [7, 11) is 0. The van der Waals surface area contributed by atoms with Crippen LogP contribution in [0, 0.1) is 23.7 Å². The van der Waals surface area contributed by atoms with Crippen molar-refractivity contribution in [2.75, 3.05) is 44.2 Å². The molecular weight excluding hydrogens is 408 g/mol. The molecule has 7 heteroatoms. The van der Waals surface area contributed by atoms with Gasteiger partial charge in [-0.15, -0.1) is 11.3 Å². The smallest absolute Gasteiger partial charge is 0.233 e. The van der Waals surface area contributed by atoms with Crippen LogP contribution < -0.4 is 4.90 Å². The predicted molar refractivity (Wildman–Crippen MR) is 121 cm³/mol. The maximum atomic E-state index is 12.9. The van der Waals surface area contributed by atoms with Crippen molar-refractivity contribution < 1.29 is 9.59 Å². The number of nitrogens with zero attached hydrogens (tertiary/aromatic N) is 4. The lowest BCUT2D eigenvalue weighted by atomic mass is 9.85. The van der Waals surface area contributed by atoms with E-state index in [1.807, 2.05) is 18.2 Å². The number of benzene rings is 1. The third-order valence-electron chi connectivity index (χ3n) is 7.41. The number of imide groups is 1. The highest BCUT2D eigenvalue weighted by Crippen LogP contribution is 2.52. The topological polar surface area (TPSA) is 56.8 Å². The first-order valence-corrected chi connectivity index (χ1v) is 12.1. The molecular formula is C24H26N4O2S. The van der Waals surface area contributed by atoms with E-state index in [0.717, 1.165) is 55.5 Å². The molecule has 2 bridgehead atoms. The van der Waals surface area contributed by atoms with Gasteiger partial charge in [0.2, 0.25) is 11.8 Å². The molecule has 0 radical (unpaired) electrons. The Bertz CT molecular complexity index is 997. The number of carbonyl (C=O) groups excluding carboxylic acids is 2. The zero-order valence-electron chi connectivity index (χ0n) is 17.4. The van der Waals surface area contributed by atoms with Crippen LogP contribution in [0.3, 0.4) is 0 Å². The highest BCUT2D eigenvalue weighted by atomic mass is 32.1. The highest BCUT2D eigenvalue weighted by Gasteiger charge is 2.59. The largest absolute Gasteiger partial charge is 0.346 e. The van der Waals surface area contributed by atoms with E-state index < -0.39 is 0 Å². The molecule has 31 heavy (non-hydrogen) atoms. The summed E-state index contributed by atoms with van der Waals surface area (Å²) < 4.78 is 0. The summed E-state index contributed by atoms with van der Waals surface area (Å²) in [4.78, 5) is 36.8. The lowest BCUT2D eigenvalue weighted by Crippen LogP contribution is -2.49. The molecule has 2 amide bonds. The zero-order valence-corrected chi connectivity index (χ0v) is 18.2. The van der Waals surface area contributed by atoms with E-state index in [-0.39, 0.29) is 23.7 Å². The van der Waals surface area contributed by atoms with Crippen molar-refractivity contribution in [3.63, 3.8) is 0 Å². The minimum Gasteiger partial charge on any atom is -0.346 e. The molecule has 4 atom stereocenters. The van der Waals surface area contributed by atoms with Gasteiger partial charge in [0.25, 0.3) is 0 Å². The van der Waals surface area contributed by atoms with Crippen LogP contribution in [0.15, 0.2) is 47.9 Å². The van der Waals surface area contributed by atoms with Gasteiger partial charge in [-0.25, -0.2) is 4.98 Å². The monoisotopic (exact) mass is 434 g/mol. The van der Waals surface area contributed by atoms with Crippen molar-refractivity contribution in [1.29, 1.82) is 0 Å². The fourth-order valence-electron chi connectivity index (χ4n) is 5.74. The van der Waals surface area contributed by atoms with Gasteiger partial charge >= 0.3 is 0 Å².